The van der Waals surface area contributed by atoms with Crippen LogP contribution in [0.4, 0.5) is 0 Å². The van der Waals surface area contributed by atoms with E-state index in [4.69, 9.17) is 0 Å². The van der Waals surface area contributed by atoms with Crippen LogP contribution in [0, 0.1) is 59.2 Å². The Morgan fingerprint density at radius 1 is 0.525 bits per heavy atom. The lowest BCUT2D eigenvalue weighted by Crippen LogP contribution is -2.29. The van der Waals surface area contributed by atoms with Crippen molar-refractivity contribution in [3.05, 3.63) is 58.2 Å². The number of carbonyl (C=O) groups excluding carboxylic acids is 5. The lowest BCUT2D eigenvalue weighted by molar-refractivity contribution is -0.121. The molecule has 0 saturated heterocycles. The largest absolute Gasteiger partial charge is 0.295 e. The highest BCUT2D eigenvalue weighted by Gasteiger charge is 2.32. The van der Waals surface area contributed by atoms with E-state index in [1.165, 1.54) is 55.2 Å². The fourth-order valence-electron chi connectivity index (χ4n) is 10.2. The predicted octanol–water partition coefficient (Wildman–Crippen LogP) is 15.2. The first-order valence-electron chi connectivity index (χ1n) is 24.8. The third-order valence-corrected chi connectivity index (χ3v) is 14.0. The molecule has 5 heteroatoms. The zero-order valence-electron chi connectivity index (χ0n) is 42.0. The summed E-state index contributed by atoms with van der Waals surface area (Å²) in [5.74, 6) is 6.86. The van der Waals surface area contributed by atoms with Crippen molar-refractivity contribution < 1.29 is 24.0 Å². The first-order valence-corrected chi connectivity index (χ1v) is 24.8. The van der Waals surface area contributed by atoms with Crippen LogP contribution in [-0.4, -0.2) is 28.9 Å². The topological polar surface area (TPSA) is 85.3 Å². The van der Waals surface area contributed by atoms with Gasteiger partial charge in [0.1, 0.15) is 0 Å². The maximum atomic E-state index is 11.7. The molecule has 346 valence electrons. The van der Waals surface area contributed by atoms with Crippen molar-refractivity contribution in [1.29, 1.82) is 0 Å². The molecule has 0 fully saturated rings. The Labute approximate surface area is 375 Å². The molecule has 0 N–H and O–H groups in total. The number of allylic oxidation sites excluding steroid dienone is 10. The third kappa shape index (κ3) is 19.5. The van der Waals surface area contributed by atoms with Gasteiger partial charge in [0.15, 0.2) is 28.9 Å². The van der Waals surface area contributed by atoms with E-state index in [1.807, 2.05) is 25.2 Å². The van der Waals surface area contributed by atoms with E-state index < -0.39 is 0 Å². The summed E-state index contributed by atoms with van der Waals surface area (Å²) < 4.78 is 0. The Hall–Kier alpha value is -2.95. The summed E-state index contributed by atoms with van der Waals surface area (Å²) in [6.07, 6.45) is 27.0. The van der Waals surface area contributed by atoms with Crippen molar-refractivity contribution in [2.45, 2.75) is 207 Å². The van der Waals surface area contributed by atoms with Crippen LogP contribution >= 0.6 is 0 Å². The van der Waals surface area contributed by atoms with E-state index in [9.17, 15) is 24.0 Å². The molecule has 5 nitrogen and oxygen atoms in total. The molecule has 0 aromatic rings. The average molecular weight is 845 g/mol. The molecule has 0 bridgehead atoms. The number of ketones is 5. The Morgan fingerprint density at radius 3 is 1.41 bits per heavy atom. The van der Waals surface area contributed by atoms with Crippen molar-refractivity contribution in [1.82, 2.24) is 0 Å². The molecule has 8 unspecified atom stereocenters. The zero-order chi connectivity index (χ0) is 46.4. The van der Waals surface area contributed by atoms with Crippen LogP contribution < -0.4 is 0 Å². The number of hydrogen-bond acceptors (Lipinski definition) is 5. The van der Waals surface area contributed by atoms with Gasteiger partial charge in [-0.1, -0.05) is 124 Å². The van der Waals surface area contributed by atoms with Gasteiger partial charge in [-0.15, -0.1) is 0 Å². The van der Waals surface area contributed by atoms with Crippen molar-refractivity contribution >= 4 is 28.9 Å². The second-order valence-corrected chi connectivity index (χ2v) is 20.0. The molecular formula is C56H92O5. The van der Waals surface area contributed by atoms with E-state index in [2.05, 4.69) is 109 Å². The van der Waals surface area contributed by atoms with Gasteiger partial charge in [-0.3, -0.25) is 24.0 Å². The zero-order valence-corrected chi connectivity index (χ0v) is 42.0. The van der Waals surface area contributed by atoms with Crippen LogP contribution in [0.2, 0.25) is 0 Å². The van der Waals surface area contributed by atoms with Gasteiger partial charge in [0, 0.05) is 30.6 Å². The highest BCUT2D eigenvalue weighted by Crippen LogP contribution is 2.36. The first-order chi connectivity index (χ1) is 28.8. The minimum atomic E-state index is 0.230. The summed E-state index contributed by atoms with van der Waals surface area (Å²) in [6.45, 7) is 31.9. The molecule has 5 rings (SSSR count). The molecule has 0 radical (unpaired) electrons. The van der Waals surface area contributed by atoms with Crippen LogP contribution in [0.25, 0.3) is 0 Å². The molecule has 8 atom stereocenters. The molecule has 0 spiro atoms. The fraction of sp³-hybridized carbons (Fsp3) is 0.732. The minimum Gasteiger partial charge on any atom is -0.295 e. The lowest BCUT2D eigenvalue weighted by atomic mass is 9.72. The van der Waals surface area contributed by atoms with Crippen LogP contribution in [0.1, 0.15) is 207 Å². The second kappa shape index (κ2) is 29.4. The van der Waals surface area contributed by atoms with Crippen LogP contribution in [0.15, 0.2) is 58.2 Å². The standard InChI is InChI=1S/2C12H20O.2C11H18O.C10H16O/c1-5-10-11(8(2)3)6-9(4)7-12(10)13;1-4-6-10-7-9(3)8-12(13)11(10)5-2;1-7(2)10-5-8(3)6-11(12)9(10)4;1-3-5-9-6-7-10(4-2)11(12)8-9;1-3-4-9-6-5-8(2)10(11)7-9/h7-8,10-11H,5-6H2,1-4H3;8,10-11H,4-7H2,1-3H3;6-7,9-10H,5H2,1-4H3;7,9H,3-6,8H2,1-2H3;5,9H,3-4,6-7H2,1-2H3. The van der Waals surface area contributed by atoms with Gasteiger partial charge in [-0.2, -0.15) is 0 Å². The quantitative estimate of drug-likeness (QED) is 0.207. The Balaban J connectivity index is 0.000000382. The fourth-order valence-corrected chi connectivity index (χ4v) is 10.2. The van der Waals surface area contributed by atoms with E-state index >= 15 is 0 Å². The third-order valence-electron chi connectivity index (χ3n) is 14.0. The molecule has 0 amide bonds. The SMILES string of the molecule is CC1=CC(=O)C(C)C(C(C)C)C1.CCC1C(=O)C=C(C)CC1C(C)C.CCCC1CC(C)=CC(=O)C1CC.CCCC1CC=C(C)C(=O)C1.CCCC1CC=C(CC)C(=O)C1. The maximum Gasteiger partial charge on any atom is 0.158 e. The Kier molecular flexibility index (Phi) is 27.0. The molecule has 5 aliphatic carbocycles. The molecule has 0 heterocycles. The molecule has 0 aromatic heterocycles. The van der Waals surface area contributed by atoms with Crippen LogP contribution in [-0.2, 0) is 24.0 Å². The lowest BCUT2D eigenvalue weighted by Gasteiger charge is -2.31. The molecular weight excluding hydrogens is 753 g/mol. The van der Waals surface area contributed by atoms with Gasteiger partial charge in [0.05, 0.1) is 0 Å². The molecule has 61 heavy (non-hydrogen) atoms. The van der Waals surface area contributed by atoms with Crippen molar-refractivity contribution in [2.24, 2.45) is 59.2 Å². The van der Waals surface area contributed by atoms with Gasteiger partial charge in [0.2, 0.25) is 0 Å². The van der Waals surface area contributed by atoms with Crippen LogP contribution in [0.3, 0.4) is 0 Å². The van der Waals surface area contributed by atoms with Crippen molar-refractivity contribution in [2.75, 3.05) is 0 Å². The van der Waals surface area contributed by atoms with Gasteiger partial charge >= 0.3 is 0 Å². The second-order valence-electron chi connectivity index (χ2n) is 20.0. The average Bonchev–Trinajstić information content (AvgIpc) is 3.19. The highest BCUT2D eigenvalue weighted by molar-refractivity contribution is 5.96. The van der Waals surface area contributed by atoms with Gasteiger partial charge in [0.25, 0.3) is 0 Å². The molecule has 0 aromatic carbocycles. The highest BCUT2D eigenvalue weighted by atomic mass is 16.1. The van der Waals surface area contributed by atoms with Crippen LogP contribution in [0.5, 0.6) is 0 Å². The van der Waals surface area contributed by atoms with E-state index in [0.717, 1.165) is 75.4 Å². The summed E-state index contributed by atoms with van der Waals surface area (Å²) in [4.78, 5) is 57.4. The Bertz CT molecular complexity index is 1560. The van der Waals surface area contributed by atoms with E-state index in [0.29, 0.717) is 76.3 Å². The minimum absolute atomic E-state index is 0.230. The number of carbonyl (C=O) groups is 5. The summed E-state index contributed by atoms with van der Waals surface area (Å²) in [6, 6.07) is 0. The monoisotopic (exact) mass is 845 g/mol. The molecule has 0 saturated carbocycles. The number of hydrogen-bond donors (Lipinski definition) is 0. The summed E-state index contributed by atoms with van der Waals surface area (Å²) >= 11 is 0. The summed E-state index contributed by atoms with van der Waals surface area (Å²) in [5, 5.41) is 0. The van der Waals surface area contributed by atoms with Gasteiger partial charge in [-0.05, 0) is 169 Å². The van der Waals surface area contributed by atoms with Crippen molar-refractivity contribution in [3.63, 3.8) is 0 Å². The number of rotatable bonds is 11. The normalized spacial score (nSPS) is 27.7. The Morgan fingerprint density at radius 2 is 0.967 bits per heavy atom. The maximum absolute atomic E-state index is 11.7. The van der Waals surface area contributed by atoms with E-state index in [1.54, 1.807) is 0 Å². The molecule has 5 aliphatic rings. The van der Waals surface area contributed by atoms with Crippen molar-refractivity contribution in [3.8, 4) is 0 Å². The summed E-state index contributed by atoms with van der Waals surface area (Å²) in [7, 11) is 0. The summed E-state index contributed by atoms with van der Waals surface area (Å²) in [5.41, 5.74) is 5.80. The van der Waals surface area contributed by atoms with E-state index in [-0.39, 0.29) is 11.8 Å². The number of Topliss-reactive ketones (excluding diaryl/α,β-unsaturated/α-hetero) is 2. The first kappa shape index (κ1) is 56.1. The van der Waals surface area contributed by atoms with Gasteiger partial charge < -0.3 is 0 Å². The van der Waals surface area contributed by atoms with Gasteiger partial charge in [-0.25, -0.2) is 0 Å². The predicted molar refractivity (Wildman–Crippen MR) is 259 cm³/mol. The molecule has 0 aliphatic heterocycles. The smallest absolute Gasteiger partial charge is 0.158 e.